The summed E-state index contributed by atoms with van der Waals surface area (Å²) in [5.74, 6) is -3.36. The van der Waals surface area contributed by atoms with Crippen LogP contribution >= 0.6 is 0 Å². The third-order valence-electron chi connectivity index (χ3n) is 7.84. The number of benzene rings is 2. The minimum atomic E-state index is -1.26. The lowest BCUT2D eigenvalue weighted by molar-refractivity contribution is -0.140. The Morgan fingerprint density at radius 2 is 1.77 bits per heavy atom. The van der Waals surface area contributed by atoms with E-state index in [1.165, 1.54) is 19.9 Å². The fraction of sp³-hybridized carbons (Fsp3) is 0.483. The van der Waals surface area contributed by atoms with E-state index in [-0.39, 0.29) is 35.8 Å². The Kier molecular flexibility index (Phi) is 8.37. The van der Waals surface area contributed by atoms with Gasteiger partial charge in [-0.2, -0.15) is 0 Å². The van der Waals surface area contributed by atoms with Gasteiger partial charge in [0.25, 0.3) is 0 Å². The molecule has 210 valence electrons. The highest BCUT2D eigenvalue weighted by atomic mass is 19.1. The zero-order valence-electron chi connectivity index (χ0n) is 22.2. The summed E-state index contributed by atoms with van der Waals surface area (Å²) in [4.78, 5) is 39.3. The molecule has 8 nitrogen and oxygen atoms in total. The molecule has 0 bridgehead atoms. The smallest absolute Gasteiger partial charge is 0.303 e. The summed E-state index contributed by atoms with van der Waals surface area (Å²) in [7, 11) is 0. The first-order valence-corrected chi connectivity index (χ1v) is 13.1. The van der Waals surface area contributed by atoms with Crippen LogP contribution in [0, 0.1) is 11.6 Å². The molecule has 0 saturated carbocycles. The molecule has 4 N–H and O–H groups in total. The van der Waals surface area contributed by atoms with Gasteiger partial charge in [0.15, 0.2) is 0 Å². The maximum Gasteiger partial charge on any atom is 0.303 e. The average Bonchev–Trinajstić information content (AvgIpc) is 3.16. The second kappa shape index (κ2) is 11.4. The number of fused-ring (bicyclic) bond motifs is 2. The minimum absolute atomic E-state index is 0.0599. The number of nitrogens with zero attached hydrogens (tertiary/aromatic N) is 1. The molecule has 1 spiro atoms. The van der Waals surface area contributed by atoms with E-state index in [1.54, 1.807) is 4.90 Å². The van der Waals surface area contributed by atoms with E-state index in [0.717, 1.165) is 23.3 Å². The number of carboxylic acids is 1. The van der Waals surface area contributed by atoms with Crippen molar-refractivity contribution >= 4 is 17.8 Å². The maximum atomic E-state index is 14.0. The van der Waals surface area contributed by atoms with E-state index in [4.69, 9.17) is 10.5 Å². The van der Waals surface area contributed by atoms with Crippen molar-refractivity contribution in [3.8, 4) is 0 Å². The summed E-state index contributed by atoms with van der Waals surface area (Å²) >= 11 is 0. The first-order chi connectivity index (χ1) is 18.4. The van der Waals surface area contributed by atoms with Crippen molar-refractivity contribution in [3.63, 3.8) is 0 Å². The highest BCUT2D eigenvalue weighted by Gasteiger charge is 2.46. The van der Waals surface area contributed by atoms with E-state index >= 15 is 0 Å². The number of likely N-dealkylation sites (tertiary alicyclic amines) is 1. The number of amides is 2. The molecule has 1 fully saturated rings. The molecule has 0 aromatic heterocycles. The van der Waals surface area contributed by atoms with Gasteiger partial charge in [-0.1, -0.05) is 30.3 Å². The number of piperidine rings is 1. The van der Waals surface area contributed by atoms with Crippen molar-refractivity contribution in [1.82, 2.24) is 10.2 Å². The molecule has 39 heavy (non-hydrogen) atoms. The van der Waals surface area contributed by atoms with E-state index in [2.05, 4.69) is 11.4 Å². The molecule has 2 aliphatic rings. The van der Waals surface area contributed by atoms with Gasteiger partial charge in [-0.15, -0.1) is 0 Å². The lowest BCUT2D eigenvalue weighted by Gasteiger charge is -2.41. The monoisotopic (exact) mass is 543 g/mol. The summed E-state index contributed by atoms with van der Waals surface area (Å²) in [6.45, 7) is 3.14. The number of rotatable bonds is 9. The van der Waals surface area contributed by atoms with Crippen LogP contribution in [0.2, 0.25) is 0 Å². The Labute approximate surface area is 226 Å². The molecule has 0 radical (unpaired) electrons. The third-order valence-corrected chi connectivity index (χ3v) is 7.84. The molecular formula is C29H35F2N3O5. The number of halogens is 2. The highest BCUT2D eigenvalue weighted by molar-refractivity contribution is 5.91. The summed E-state index contributed by atoms with van der Waals surface area (Å²) in [5, 5.41) is 12.1. The lowest BCUT2D eigenvalue weighted by atomic mass is 9.73. The van der Waals surface area contributed by atoms with Crippen molar-refractivity contribution in [3.05, 3.63) is 70.8 Å². The second-order valence-electron chi connectivity index (χ2n) is 11.2. The number of aliphatic carboxylic acids is 1. The first kappa shape index (κ1) is 28.6. The van der Waals surface area contributed by atoms with Crippen LogP contribution in [0.5, 0.6) is 0 Å². The Bertz CT molecular complexity index is 1220. The van der Waals surface area contributed by atoms with Crippen LogP contribution in [-0.2, 0) is 31.1 Å². The molecule has 1 heterocycles. The number of carbonyl (C=O) groups is 3. The molecule has 1 aliphatic carbocycles. The zero-order valence-corrected chi connectivity index (χ0v) is 22.2. The van der Waals surface area contributed by atoms with Gasteiger partial charge in [0.2, 0.25) is 11.8 Å². The predicted molar refractivity (Wildman–Crippen MR) is 140 cm³/mol. The molecule has 2 amide bonds. The predicted octanol–water partition coefficient (Wildman–Crippen LogP) is 3.23. The van der Waals surface area contributed by atoms with Crippen LogP contribution in [-0.4, -0.2) is 59.1 Å². The van der Waals surface area contributed by atoms with E-state index < -0.39 is 41.7 Å². The van der Waals surface area contributed by atoms with Crippen LogP contribution in [0.25, 0.3) is 0 Å². The summed E-state index contributed by atoms with van der Waals surface area (Å²) < 4.78 is 33.6. The molecule has 4 rings (SSSR count). The number of nitrogens with two attached hydrogens (primary N) is 1. The zero-order chi connectivity index (χ0) is 28.4. The normalized spacial score (nSPS) is 19.0. The molecular weight excluding hydrogens is 508 g/mol. The fourth-order valence-electron chi connectivity index (χ4n) is 5.74. The van der Waals surface area contributed by atoms with Gasteiger partial charge >= 0.3 is 5.97 Å². The highest BCUT2D eigenvalue weighted by Crippen LogP contribution is 2.52. The van der Waals surface area contributed by atoms with E-state index in [0.29, 0.717) is 32.4 Å². The van der Waals surface area contributed by atoms with Gasteiger partial charge in [-0.05, 0) is 67.7 Å². The molecule has 1 saturated heterocycles. The Hall–Kier alpha value is -3.37. The quantitative estimate of drug-likeness (QED) is 0.447. The molecule has 1 aliphatic heterocycles. The number of ether oxygens (including phenoxy) is 1. The Morgan fingerprint density at radius 1 is 1.13 bits per heavy atom. The van der Waals surface area contributed by atoms with Crippen LogP contribution in [0.15, 0.2) is 42.5 Å². The van der Waals surface area contributed by atoms with Gasteiger partial charge < -0.3 is 25.8 Å². The fourth-order valence-corrected chi connectivity index (χ4v) is 5.74. The molecule has 10 heteroatoms. The van der Waals surface area contributed by atoms with Gasteiger partial charge in [0, 0.05) is 18.7 Å². The molecule has 2 aromatic rings. The van der Waals surface area contributed by atoms with Gasteiger partial charge in [0.1, 0.15) is 17.7 Å². The van der Waals surface area contributed by atoms with Crippen LogP contribution in [0.3, 0.4) is 0 Å². The Morgan fingerprint density at radius 3 is 2.38 bits per heavy atom. The van der Waals surface area contributed by atoms with Gasteiger partial charge in [-0.3, -0.25) is 14.4 Å². The molecule has 2 aromatic carbocycles. The van der Waals surface area contributed by atoms with Crippen molar-refractivity contribution in [2.24, 2.45) is 5.73 Å². The van der Waals surface area contributed by atoms with Crippen LogP contribution in [0.1, 0.15) is 62.1 Å². The number of carbonyl (C=O) groups excluding carboxylic acids is 2. The summed E-state index contributed by atoms with van der Waals surface area (Å²) in [6, 6.07) is 10.3. The van der Waals surface area contributed by atoms with Gasteiger partial charge in [0.05, 0.1) is 25.2 Å². The SMILES string of the molecule is CC(C)(N)C(=O)NC(COCc1c(F)cccc1F)C(=O)N1CCC2(CC1)CC(CC(=O)O)c1ccccc12. The third kappa shape index (κ3) is 6.28. The lowest BCUT2D eigenvalue weighted by Crippen LogP contribution is -2.59. The molecule has 2 unspecified atom stereocenters. The average molecular weight is 544 g/mol. The van der Waals surface area contributed by atoms with Crippen LogP contribution in [0.4, 0.5) is 8.78 Å². The Balaban J connectivity index is 1.46. The largest absolute Gasteiger partial charge is 0.481 e. The second-order valence-corrected chi connectivity index (χ2v) is 11.2. The van der Waals surface area contributed by atoms with Crippen molar-refractivity contribution < 1.29 is 33.0 Å². The minimum Gasteiger partial charge on any atom is -0.481 e. The topological polar surface area (TPSA) is 122 Å². The van der Waals surface area contributed by atoms with E-state index in [1.807, 2.05) is 18.2 Å². The van der Waals surface area contributed by atoms with Crippen molar-refractivity contribution in [2.75, 3.05) is 19.7 Å². The number of nitrogens with one attached hydrogen (secondary N) is 1. The number of carboxylic acid groups (broad SMARTS) is 1. The van der Waals surface area contributed by atoms with Crippen molar-refractivity contribution in [2.45, 2.75) is 69.1 Å². The van der Waals surface area contributed by atoms with E-state index in [9.17, 15) is 28.3 Å². The maximum absolute atomic E-state index is 14.0. The molecule has 2 atom stereocenters. The summed E-state index contributed by atoms with van der Waals surface area (Å²) in [5.41, 5.74) is 6.39. The number of hydrogen-bond donors (Lipinski definition) is 3. The standard InChI is InChI=1S/C29H35F2N3O5/c1-28(2,32)27(38)33-24(17-39-16-20-22(30)8-5-9-23(20)31)26(37)34-12-10-29(11-13-34)15-18(14-25(35)36)19-6-3-4-7-21(19)29/h3-9,18,24H,10-17,32H2,1-2H3,(H,33,38)(H,35,36). The number of hydrogen-bond acceptors (Lipinski definition) is 5. The van der Waals surface area contributed by atoms with Crippen LogP contribution < -0.4 is 11.1 Å². The summed E-state index contributed by atoms with van der Waals surface area (Å²) in [6.07, 6.45) is 2.07. The van der Waals surface area contributed by atoms with Crippen molar-refractivity contribution in [1.29, 1.82) is 0 Å². The first-order valence-electron chi connectivity index (χ1n) is 13.1. The van der Waals surface area contributed by atoms with Gasteiger partial charge in [-0.25, -0.2) is 8.78 Å².